The molecule has 2 heterocycles. The van der Waals surface area contributed by atoms with Gasteiger partial charge in [-0.2, -0.15) is 13.2 Å². The second-order valence-electron chi connectivity index (χ2n) is 4.40. The maximum atomic E-state index is 13.0. The summed E-state index contributed by atoms with van der Waals surface area (Å²) in [6.07, 6.45) is -4.38. The molecule has 9 heteroatoms. The van der Waals surface area contributed by atoms with Gasteiger partial charge in [0.1, 0.15) is 0 Å². The summed E-state index contributed by atoms with van der Waals surface area (Å²) < 4.78 is 49.6. The predicted octanol–water partition coefficient (Wildman–Crippen LogP) is 1.68. The Hall–Kier alpha value is -1.90. The fraction of sp³-hybridized carbons (Fsp3) is 0.583. The van der Waals surface area contributed by atoms with Crippen LogP contribution in [0, 0.1) is 0 Å². The number of hydrogen-bond acceptors (Lipinski definition) is 5. The minimum atomic E-state index is -4.86. The number of carbonyl (C=O) groups excluding carboxylic acids is 2. The molecule has 116 valence electrons. The van der Waals surface area contributed by atoms with Crippen LogP contribution in [0.2, 0.25) is 0 Å². The third kappa shape index (κ3) is 3.07. The molecule has 1 saturated heterocycles. The monoisotopic (exact) mass is 306 g/mol. The number of halogens is 3. The average Bonchev–Trinajstić information content (AvgIpc) is 2.72. The Kier molecular flexibility index (Phi) is 4.31. The molecule has 0 spiro atoms. The summed E-state index contributed by atoms with van der Waals surface area (Å²) in [5.41, 5.74) is -2.18. The second-order valence-corrected chi connectivity index (χ2v) is 4.40. The Morgan fingerprint density at radius 2 is 2.24 bits per heavy atom. The molecule has 1 aromatic heterocycles. The lowest BCUT2D eigenvalue weighted by molar-refractivity contribution is -0.141. The van der Waals surface area contributed by atoms with E-state index < -0.39 is 29.4 Å². The SMILES string of the molecule is CCOC(=O)c1c(C(F)(F)F)nc(C=O)n1CC1CCO1. The lowest BCUT2D eigenvalue weighted by atomic mass is 10.2. The molecule has 0 amide bonds. The molecule has 1 fully saturated rings. The largest absolute Gasteiger partial charge is 0.461 e. The Balaban J connectivity index is 2.50. The molecule has 1 aliphatic rings. The summed E-state index contributed by atoms with van der Waals surface area (Å²) >= 11 is 0. The standard InChI is InChI=1S/C12H13F3N2O4/c1-2-20-11(19)9-10(12(13,14)15)16-8(6-18)17(9)5-7-3-4-21-7/h6-7H,2-5H2,1H3. The maximum absolute atomic E-state index is 13.0. The zero-order valence-electron chi connectivity index (χ0n) is 11.1. The molecule has 2 rings (SSSR count). The molecule has 1 aliphatic heterocycles. The molecular weight excluding hydrogens is 293 g/mol. The van der Waals surface area contributed by atoms with Crippen molar-refractivity contribution in [2.24, 2.45) is 0 Å². The fourth-order valence-electron chi connectivity index (χ4n) is 1.98. The van der Waals surface area contributed by atoms with E-state index in [1.165, 1.54) is 6.92 Å². The van der Waals surface area contributed by atoms with Crippen molar-refractivity contribution in [1.82, 2.24) is 9.55 Å². The molecule has 0 N–H and O–H groups in total. The van der Waals surface area contributed by atoms with Gasteiger partial charge >= 0.3 is 12.1 Å². The lowest BCUT2D eigenvalue weighted by Gasteiger charge is -2.27. The van der Waals surface area contributed by atoms with Crippen molar-refractivity contribution in [3.63, 3.8) is 0 Å². The van der Waals surface area contributed by atoms with E-state index in [0.717, 1.165) is 4.57 Å². The van der Waals surface area contributed by atoms with Gasteiger partial charge in [-0.1, -0.05) is 0 Å². The zero-order chi connectivity index (χ0) is 15.6. The van der Waals surface area contributed by atoms with Crippen molar-refractivity contribution >= 4 is 12.3 Å². The van der Waals surface area contributed by atoms with Crippen LogP contribution in [0.1, 0.15) is 40.1 Å². The van der Waals surface area contributed by atoms with Crippen LogP contribution >= 0.6 is 0 Å². The van der Waals surface area contributed by atoms with Crippen molar-refractivity contribution < 1.29 is 32.2 Å². The van der Waals surface area contributed by atoms with Crippen LogP contribution < -0.4 is 0 Å². The van der Waals surface area contributed by atoms with E-state index in [9.17, 15) is 22.8 Å². The number of hydrogen-bond donors (Lipinski definition) is 0. The summed E-state index contributed by atoms with van der Waals surface area (Å²) in [6.45, 7) is 1.83. The van der Waals surface area contributed by atoms with E-state index in [4.69, 9.17) is 4.74 Å². The van der Waals surface area contributed by atoms with Gasteiger partial charge in [0.25, 0.3) is 0 Å². The highest BCUT2D eigenvalue weighted by Gasteiger charge is 2.42. The van der Waals surface area contributed by atoms with E-state index in [0.29, 0.717) is 13.0 Å². The smallest absolute Gasteiger partial charge is 0.435 e. The van der Waals surface area contributed by atoms with E-state index in [-0.39, 0.29) is 25.5 Å². The van der Waals surface area contributed by atoms with Crippen molar-refractivity contribution in [1.29, 1.82) is 0 Å². The molecule has 0 bridgehead atoms. The van der Waals surface area contributed by atoms with E-state index >= 15 is 0 Å². The van der Waals surface area contributed by atoms with Gasteiger partial charge in [-0.15, -0.1) is 0 Å². The van der Waals surface area contributed by atoms with Gasteiger partial charge < -0.3 is 14.0 Å². The first-order valence-electron chi connectivity index (χ1n) is 6.30. The van der Waals surface area contributed by atoms with Crippen molar-refractivity contribution in [3.05, 3.63) is 17.2 Å². The Bertz CT molecular complexity index is 549. The number of imidazole rings is 1. The van der Waals surface area contributed by atoms with Crippen molar-refractivity contribution in [2.75, 3.05) is 13.2 Å². The van der Waals surface area contributed by atoms with Crippen LogP contribution in [-0.2, 0) is 22.2 Å². The number of nitrogens with zero attached hydrogens (tertiary/aromatic N) is 2. The van der Waals surface area contributed by atoms with Crippen molar-refractivity contribution in [2.45, 2.75) is 32.2 Å². The molecule has 0 aromatic carbocycles. The minimum Gasteiger partial charge on any atom is -0.461 e. The van der Waals surface area contributed by atoms with Gasteiger partial charge in [-0.25, -0.2) is 9.78 Å². The average molecular weight is 306 g/mol. The van der Waals surface area contributed by atoms with Gasteiger partial charge in [-0.05, 0) is 13.3 Å². The highest BCUT2D eigenvalue weighted by Crippen LogP contribution is 2.32. The highest BCUT2D eigenvalue weighted by atomic mass is 19.4. The number of ether oxygens (including phenoxy) is 2. The Labute approximate surface area is 117 Å². The van der Waals surface area contributed by atoms with Crippen LogP contribution in [0.4, 0.5) is 13.2 Å². The first-order chi connectivity index (χ1) is 9.88. The summed E-state index contributed by atoms with van der Waals surface area (Å²) in [6, 6.07) is 0. The maximum Gasteiger partial charge on any atom is 0.435 e. The molecule has 0 radical (unpaired) electrons. The first-order valence-corrected chi connectivity index (χ1v) is 6.30. The topological polar surface area (TPSA) is 70.4 Å². The number of rotatable bonds is 5. The summed E-state index contributed by atoms with van der Waals surface area (Å²) in [5.74, 6) is -1.63. The van der Waals surface area contributed by atoms with Crippen LogP contribution in [0.3, 0.4) is 0 Å². The zero-order valence-corrected chi connectivity index (χ0v) is 11.1. The number of alkyl halides is 3. The van der Waals surface area contributed by atoms with Crippen LogP contribution in [0.25, 0.3) is 0 Å². The lowest BCUT2D eigenvalue weighted by Crippen LogP contribution is -2.33. The van der Waals surface area contributed by atoms with Crippen LogP contribution in [0.5, 0.6) is 0 Å². The van der Waals surface area contributed by atoms with Gasteiger partial charge in [0, 0.05) is 6.61 Å². The van der Waals surface area contributed by atoms with Gasteiger partial charge in [0.05, 0.1) is 19.3 Å². The number of aromatic nitrogens is 2. The highest BCUT2D eigenvalue weighted by molar-refractivity contribution is 5.90. The molecule has 0 saturated carbocycles. The van der Waals surface area contributed by atoms with Crippen molar-refractivity contribution in [3.8, 4) is 0 Å². The third-order valence-corrected chi connectivity index (χ3v) is 3.02. The molecule has 1 unspecified atom stereocenters. The normalized spacial score (nSPS) is 18.2. The number of aldehydes is 1. The molecule has 1 aromatic rings. The van der Waals surface area contributed by atoms with Crippen LogP contribution in [0.15, 0.2) is 0 Å². The number of esters is 1. The van der Waals surface area contributed by atoms with Gasteiger partial charge in [0.15, 0.2) is 23.5 Å². The van der Waals surface area contributed by atoms with E-state index in [2.05, 4.69) is 9.72 Å². The van der Waals surface area contributed by atoms with Crippen LogP contribution in [-0.4, -0.2) is 41.1 Å². The molecular formula is C12H13F3N2O4. The van der Waals surface area contributed by atoms with Gasteiger partial charge in [-0.3, -0.25) is 4.79 Å². The van der Waals surface area contributed by atoms with Gasteiger partial charge in [0.2, 0.25) is 0 Å². The fourth-order valence-corrected chi connectivity index (χ4v) is 1.98. The van der Waals surface area contributed by atoms with E-state index in [1.807, 2.05) is 0 Å². The molecule has 0 aliphatic carbocycles. The Morgan fingerprint density at radius 3 is 2.67 bits per heavy atom. The second kappa shape index (κ2) is 5.84. The quantitative estimate of drug-likeness (QED) is 0.611. The third-order valence-electron chi connectivity index (χ3n) is 3.02. The molecule has 21 heavy (non-hydrogen) atoms. The summed E-state index contributed by atoms with van der Waals surface area (Å²) in [4.78, 5) is 26.0. The Morgan fingerprint density at radius 1 is 1.57 bits per heavy atom. The molecule has 1 atom stereocenters. The number of carbonyl (C=O) groups is 2. The molecule has 6 nitrogen and oxygen atoms in total. The minimum absolute atomic E-state index is 0.0503. The predicted molar refractivity (Wildman–Crippen MR) is 62.9 cm³/mol. The van der Waals surface area contributed by atoms with E-state index in [1.54, 1.807) is 0 Å². The summed E-state index contributed by atoms with van der Waals surface area (Å²) in [7, 11) is 0. The summed E-state index contributed by atoms with van der Waals surface area (Å²) in [5, 5.41) is 0. The first kappa shape index (κ1) is 15.5.